The summed E-state index contributed by atoms with van der Waals surface area (Å²) in [5, 5.41) is 3.38. The second-order valence-electron chi connectivity index (χ2n) is 4.86. The van der Waals surface area contributed by atoms with Gasteiger partial charge in [-0.3, -0.25) is 0 Å². The second-order valence-corrected chi connectivity index (χ2v) is 4.86. The summed E-state index contributed by atoms with van der Waals surface area (Å²) < 4.78 is 5.74. The highest BCUT2D eigenvalue weighted by molar-refractivity contribution is 5.35. The molecule has 1 aromatic rings. The zero-order valence-corrected chi connectivity index (χ0v) is 9.67. The first-order valence-electron chi connectivity index (χ1n) is 6.35. The van der Waals surface area contributed by atoms with Gasteiger partial charge in [0.15, 0.2) is 0 Å². The van der Waals surface area contributed by atoms with E-state index in [1.165, 1.54) is 24.8 Å². The number of hydrogen-bond acceptors (Lipinski definition) is 2. The van der Waals surface area contributed by atoms with E-state index in [2.05, 4.69) is 23.5 Å². The lowest BCUT2D eigenvalue weighted by Crippen LogP contribution is -2.39. The van der Waals surface area contributed by atoms with Crippen molar-refractivity contribution in [3.8, 4) is 0 Å². The fourth-order valence-electron chi connectivity index (χ4n) is 2.77. The molecule has 0 bridgehead atoms. The Hall–Kier alpha value is -0.860. The number of fused-ring (bicyclic) bond motifs is 1. The molecular weight excluding hydrogens is 198 g/mol. The van der Waals surface area contributed by atoms with Gasteiger partial charge in [0.2, 0.25) is 0 Å². The van der Waals surface area contributed by atoms with E-state index in [-0.39, 0.29) is 0 Å². The zero-order chi connectivity index (χ0) is 10.8. The average Bonchev–Trinajstić information content (AvgIpc) is 2.77. The van der Waals surface area contributed by atoms with Gasteiger partial charge >= 0.3 is 0 Å². The van der Waals surface area contributed by atoms with Gasteiger partial charge in [0.25, 0.3) is 0 Å². The summed E-state index contributed by atoms with van der Waals surface area (Å²) in [6.45, 7) is 2.85. The highest BCUT2D eigenvalue weighted by atomic mass is 16.5. The molecule has 1 N–H and O–H groups in total. The highest BCUT2D eigenvalue weighted by Crippen LogP contribution is 2.23. The fourth-order valence-corrected chi connectivity index (χ4v) is 2.77. The van der Waals surface area contributed by atoms with E-state index in [4.69, 9.17) is 4.74 Å². The number of nitrogens with one attached hydrogen (secondary N) is 1. The lowest BCUT2D eigenvalue weighted by Gasteiger charge is -2.23. The molecule has 0 aromatic heterocycles. The van der Waals surface area contributed by atoms with Crippen LogP contribution in [0.5, 0.6) is 0 Å². The molecule has 2 nitrogen and oxygen atoms in total. The van der Waals surface area contributed by atoms with E-state index < -0.39 is 0 Å². The third kappa shape index (κ3) is 2.13. The van der Waals surface area contributed by atoms with Crippen LogP contribution >= 0.6 is 0 Å². The molecule has 1 aliphatic carbocycles. The van der Waals surface area contributed by atoms with Crippen molar-refractivity contribution >= 4 is 0 Å². The zero-order valence-electron chi connectivity index (χ0n) is 9.67. The molecule has 1 fully saturated rings. The van der Waals surface area contributed by atoms with Crippen LogP contribution < -0.4 is 5.32 Å². The monoisotopic (exact) mass is 217 g/mol. The normalized spacial score (nSPS) is 24.4. The molecule has 0 radical (unpaired) electrons. The smallest absolute Gasteiger partial charge is 0.0740 e. The van der Waals surface area contributed by atoms with Gasteiger partial charge in [0, 0.05) is 13.1 Å². The number of rotatable bonds is 2. The van der Waals surface area contributed by atoms with Crippen molar-refractivity contribution in [2.24, 2.45) is 0 Å². The van der Waals surface area contributed by atoms with Crippen LogP contribution in [0.15, 0.2) is 18.2 Å². The maximum absolute atomic E-state index is 5.74. The minimum Gasteiger partial charge on any atom is -0.375 e. The van der Waals surface area contributed by atoms with Gasteiger partial charge in [0.1, 0.15) is 0 Å². The van der Waals surface area contributed by atoms with Crippen LogP contribution in [0.4, 0.5) is 0 Å². The van der Waals surface area contributed by atoms with Crippen LogP contribution in [-0.4, -0.2) is 25.8 Å². The van der Waals surface area contributed by atoms with E-state index in [1.54, 1.807) is 11.1 Å². The Kier molecular flexibility index (Phi) is 2.94. The van der Waals surface area contributed by atoms with Gasteiger partial charge in [-0.2, -0.15) is 0 Å². The van der Waals surface area contributed by atoms with Crippen molar-refractivity contribution < 1.29 is 4.74 Å². The number of morpholine rings is 1. The third-order valence-electron chi connectivity index (χ3n) is 3.63. The lowest BCUT2D eigenvalue weighted by molar-refractivity contribution is 0.0292. The summed E-state index contributed by atoms with van der Waals surface area (Å²) in [4.78, 5) is 0. The summed E-state index contributed by atoms with van der Waals surface area (Å²) >= 11 is 0. The Labute approximate surface area is 97.0 Å². The SMILES string of the molecule is c1cc2c(cc1CC1CNCCO1)CCC2. The Morgan fingerprint density at radius 3 is 3.06 bits per heavy atom. The van der Waals surface area contributed by atoms with Crippen molar-refractivity contribution in [2.75, 3.05) is 19.7 Å². The molecule has 1 unspecified atom stereocenters. The van der Waals surface area contributed by atoms with E-state index in [0.717, 1.165) is 26.1 Å². The van der Waals surface area contributed by atoms with Gasteiger partial charge in [-0.15, -0.1) is 0 Å². The Balaban J connectivity index is 1.69. The molecule has 1 atom stereocenters. The molecule has 86 valence electrons. The lowest BCUT2D eigenvalue weighted by atomic mass is 10.0. The molecule has 16 heavy (non-hydrogen) atoms. The van der Waals surface area contributed by atoms with Gasteiger partial charge in [-0.25, -0.2) is 0 Å². The fraction of sp³-hybridized carbons (Fsp3) is 0.571. The van der Waals surface area contributed by atoms with Crippen LogP contribution in [-0.2, 0) is 24.0 Å². The average molecular weight is 217 g/mol. The second kappa shape index (κ2) is 4.56. The molecule has 0 spiro atoms. The van der Waals surface area contributed by atoms with Crippen LogP contribution in [0.25, 0.3) is 0 Å². The van der Waals surface area contributed by atoms with Gasteiger partial charge < -0.3 is 10.1 Å². The minimum absolute atomic E-state index is 0.369. The van der Waals surface area contributed by atoms with E-state index in [0.29, 0.717) is 6.10 Å². The summed E-state index contributed by atoms with van der Waals surface area (Å²) in [7, 11) is 0. The number of hydrogen-bond donors (Lipinski definition) is 1. The molecule has 1 aliphatic heterocycles. The third-order valence-corrected chi connectivity index (χ3v) is 3.63. The summed E-state index contributed by atoms with van der Waals surface area (Å²) in [5.41, 5.74) is 4.57. The Morgan fingerprint density at radius 1 is 1.25 bits per heavy atom. The van der Waals surface area contributed by atoms with Crippen molar-refractivity contribution in [1.82, 2.24) is 5.32 Å². The van der Waals surface area contributed by atoms with E-state index in [1.807, 2.05) is 0 Å². The predicted octanol–water partition coefficient (Wildman–Crippen LogP) is 1.71. The number of benzene rings is 1. The quantitative estimate of drug-likeness (QED) is 0.814. The molecule has 2 heteroatoms. The van der Waals surface area contributed by atoms with Crippen molar-refractivity contribution in [1.29, 1.82) is 0 Å². The minimum atomic E-state index is 0.369. The predicted molar refractivity (Wildman–Crippen MR) is 64.8 cm³/mol. The van der Waals surface area contributed by atoms with Crippen molar-refractivity contribution in [3.05, 3.63) is 34.9 Å². The van der Waals surface area contributed by atoms with Gasteiger partial charge in [0.05, 0.1) is 12.7 Å². The van der Waals surface area contributed by atoms with Crippen LogP contribution in [0, 0.1) is 0 Å². The van der Waals surface area contributed by atoms with Crippen LogP contribution in [0.3, 0.4) is 0 Å². The van der Waals surface area contributed by atoms with Crippen LogP contribution in [0.2, 0.25) is 0 Å². The maximum Gasteiger partial charge on any atom is 0.0740 e. The first-order chi connectivity index (χ1) is 7.92. The summed E-state index contributed by atoms with van der Waals surface area (Å²) in [6, 6.07) is 6.98. The molecule has 1 saturated heterocycles. The van der Waals surface area contributed by atoms with Gasteiger partial charge in [-0.1, -0.05) is 18.2 Å². The number of ether oxygens (including phenoxy) is 1. The molecule has 3 rings (SSSR count). The molecule has 1 aromatic carbocycles. The first kappa shape index (κ1) is 10.3. The van der Waals surface area contributed by atoms with Gasteiger partial charge in [-0.05, 0) is 42.4 Å². The molecule has 0 saturated carbocycles. The highest BCUT2D eigenvalue weighted by Gasteiger charge is 2.16. The summed E-state index contributed by atoms with van der Waals surface area (Å²) in [5.74, 6) is 0. The van der Waals surface area contributed by atoms with Crippen LogP contribution in [0.1, 0.15) is 23.1 Å². The molecule has 0 amide bonds. The van der Waals surface area contributed by atoms with Crippen molar-refractivity contribution in [2.45, 2.75) is 31.8 Å². The molecule has 1 heterocycles. The van der Waals surface area contributed by atoms with E-state index in [9.17, 15) is 0 Å². The standard InChI is InChI=1S/C14H19NO/c1-2-12-5-4-11(8-13(12)3-1)9-14-10-15-6-7-16-14/h4-5,8,14-15H,1-3,6-7,9-10H2. The van der Waals surface area contributed by atoms with Crippen molar-refractivity contribution in [3.63, 3.8) is 0 Å². The Bertz CT molecular complexity index is 369. The molecule has 2 aliphatic rings. The Morgan fingerprint density at radius 2 is 2.19 bits per heavy atom. The first-order valence-corrected chi connectivity index (χ1v) is 6.35. The topological polar surface area (TPSA) is 21.3 Å². The van der Waals surface area contributed by atoms with E-state index >= 15 is 0 Å². The maximum atomic E-state index is 5.74. The summed E-state index contributed by atoms with van der Waals surface area (Å²) in [6.07, 6.45) is 5.30. The number of aryl methyl sites for hydroxylation is 2. The molecular formula is C14H19NO. The largest absolute Gasteiger partial charge is 0.375 e.